The van der Waals surface area contributed by atoms with Gasteiger partial charge in [0.1, 0.15) is 0 Å². The van der Waals surface area contributed by atoms with Gasteiger partial charge in [0, 0.05) is 19.0 Å². The van der Waals surface area contributed by atoms with Crippen molar-refractivity contribution in [1.29, 1.82) is 0 Å². The molecule has 1 atom stereocenters. The molecular formula is C14H23NO4. The summed E-state index contributed by atoms with van der Waals surface area (Å²) < 4.78 is 4.77. The molecule has 108 valence electrons. The molecule has 1 aliphatic carbocycles. The molecule has 1 saturated carbocycles. The van der Waals surface area contributed by atoms with Gasteiger partial charge in [-0.05, 0) is 38.5 Å². The Morgan fingerprint density at radius 1 is 1.11 bits per heavy atom. The first-order valence-electron chi connectivity index (χ1n) is 7.16. The fraction of sp³-hybridized carbons (Fsp3) is 0.857. The number of hydrogen-bond acceptors (Lipinski definition) is 4. The van der Waals surface area contributed by atoms with Crippen molar-refractivity contribution >= 4 is 11.9 Å². The molecule has 0 spiro atoms. The van der Waals surface area contributed by atoms with Gasteiger partial charge in [-0.25, -0.2) is 0 Å². The van der Waals surface area contributed by atoms with E-state index in [1.54, 1.807) is 0 Å². The number of carbonyl (C=O) groups excluding carboxylic acids is 2. The fourth-order valence-corrected chi connectivity index (χ4v) is 3.12. The molecule has 1 aliphatic heterocycles. The number of aliphatic hydroxyl groups is 1. The van der Waals surface area contributed by atoms with E-state index in [4.69, 9.17) is 4.74 Å². The third-order valence-electron chi connectivity index (χ3n) is 4.31. The lowest BCUT2D eigenvalue weighted by Gasteiger charge is -2.35. The minimum Gasteiger partial charge on any atom is -0.469 e. The molecule has 0 radical (unpaired) electrons. The number of esters is 1. The number of aliphatic hydroxyl groups excluding tert-OH is 1. The fourth-order valence-electron chi connectivity index (χ4n) is 3.12. The van der Waals surface area contributed by atoms with E-state index < -0.39 is 0 Å². The summed E-state index contributed by atoms with van der Waals surface area (Å²) >= 11 is 0. The van der Waals surface area contributed by atoms with E-state index in [1.165, 1.54) is 7.11 Å². The lowest BCUT2D eigenvalue weighted by atomic mass is 9.85. The van der Waals surface area contributed by atoms with Crippen LogP contribution in [0.25, 0.3) is 0 Å². The van der Waals surface area contributed by atoms with Crippen molar-refractivity contribution in [2.75, 3.05) is 20.2 Å². The first-order chi connectivity index (χ1) is 9.11. The van der Waals surface area contributed by atoms with E-state index in [-0.39, 0.29) is 29.8 Å². The normalized spacial score (nSPS) is 31.9. The van der Waals surface area contributed by atoms with Gasteiger partial charge in [-0.1, -0.05) is 0 Å². The zero-order chi connectivity index (χ0) is 13.8. The molecule has 2 rings (SSSR count). The standard InChI is InChI=1S/C14H23NO4/c1-19-14(18)11-3-2-8-15(9-11)13(17)10-4-6-12(16)7-5-10/h10-12,16H,2-9H2,1H3. The van der Waals surface area contributed by atoms with Crippen LogP contribution in [0.15, 0.2) is 0 Å². The predicted molar refractivity (Wildman–Crippen MR) is 69.3 cm³/mol. The third kappa shape index (κ3) is 3.47. The highest BCUT2D eigenvalue weighted by atomic mass is 16.5. The first-order valence-corrected chi connectivity index (χ1v) is 7.16. The maximum Gasteiger partial charge on any atom is 0.310 e. The summed E-state index contributed by atoms with van der Waals surface area (Å²) in [4.78, 5) is 25.8. The van der Waals surface area contributed by atoms with Gasteiger partial charge in [-0.2, -0.15) is 0 Å². The molecule has 0 aromatic carbocycles. The van der Waals surface area contributed by atoms with Crippen LogP contribution in [-0.2, 0) is 14.3 Å². The van der Waals surface area contributed by atoms with E-state index in [2.05, 4.69) is 0 Å². The zero-order valence-corrected chi connectivity index (χ0v) is 11.5. The molecule has 1 heterocycles. The average molecular weight is 269 g/mol. The molecule has 5 nitrogen and oxygen atoms in total. The zero-order valence-electron chi connectivity index (χ0n) is 11.5. The van der Waals surface area contributed by atoms with Crippen LogP contribution in [0.3, 0.4) is 0 Å². The molecule has 2 aliphatic rings. The summed E-state index contributed by atoms with van der Waals surface area (Å²) in [5, 5.41) is 9.48. The highest BCUT2D eigenvalue weighted by Gasteiger charge is 2.33. The summed E-state index contributed by atoms with van der Waals surface area (Å²) in [7, 11) is 1.39. The van der Waals surface area contributed by atoms with Crippen LogP contribution >= 0.6 is 0 Å². The van der Waals surface area contributed by atoms with Gasteiger partial charge in [0.25, 0.3) is 0 Å². The second-order valence-corrected chi connectivity index (χ2v) is 5.65. The summed E-state index contributed by atoms with van der Waals surface area (Å²) in [6.07, 6.45) is 4.38. The van der Waals surface area contributed by atoms with Crippen molar-refractivity contribution in [1.82, 2.24) is 4.90 Å². The molecule has 0 bridgehead atoms. The van der Waals surface area contributed by atoms with E-state index >= 15 is 0 Å². The van der Waals surface area contributed by atoms with Gasteiger partial charge in [-0.3, -0.25) is 9.59 Å². The highest BCUT2D eigenvalue weighted by molar-refractivity contribution is 5.80. The third-order valence-corrected chi connectivity index (χ3v) is 4.31. The van der Waals surface area contributed by atoms with Crippen molar-refractivity contribution in [2.24, 2.45) is 11.8 Å². The molecule has 1 unspecified atom stereocenters. The lowest BCUT2D eigenvalue weighted by Crippen LogP contribution is -2.45. The Bertz CT molecular complexity index is 336. The predicted octanol–water partition coefficient (Wildman–Crippen LogP) is 0.949. The van der Waals surface area contributed by atoms with Crippen molar-refractivity contribution < 1.29 is 19.4 Å². The Labute approximate surface area is 113 Å². The van der Waals surface area contributed by atoms with Gasteiger partial charge >= 0.3 is 5.97 Å². The molecule has 5 heteroatoms. The molecule has 1 saturated heterocycles. The maximum atomic E-state index is 12.4. The van der Waals surface area contributed by atoms with E-state index in [0.717, 1.165) is 32.2 Å². The second kappa shape index (κ2) is 6.37. The van der Waals surface area contributed by atoms with E-state index in [9.17, 15) is 14.7 Å². The smallest absolute Gasteiger partial charge is 0.310 e. The Kier molecular flexibility index (Phi) is 4.80. The molecule has 2 fully saturated rings. The quantitative estimate of drug-likeness (QED) is 0.758. The largest absolute Gasteiger partial charge is 0.469 e. The number of rotatable bonds is 2. The summed E-state index contributed by atoms with van der Waals surface area (Å²) in [6.45, 7) is 1.23. The van der Waals surface area contributed by atoms with Crippen molar-refractivity contribution in [3.05, 3.63) is 0 Å². The van der Waals surface area contributed by atoms with Gasteiger partial charge in [0.05, 0.1) is 19.1 Å². The Balaban J connectivity index is 1.90. The van der Waals surface area contributed by atoms with Crippen LogP contribution in [0.2, 0.25) is 0 Å². The number of ether oxygens (including phenoxy) is 1. The highest BCUT2D eigenvalue weighted by Crippen LogP contribution is 2.28. The number of methoxy groups -OCH3 is 1. The topological polar surface area (TPSA) is 66.8 Å². The Morgan fingerprint density at radius 3 is 2.42 bits per heavy atom. The van der Waals surface area contributed by atoms with Crippen molar-refractivity contribution in [3.8, 4) is 0 Å². The molecular weight excluding hydrogens is 246 g/mol. The van der Waals surface area contributed by atoms with Crippen LogP contribution in [-0.4, -0.2) is 48.2 Å². The molecule has 19 heavy (non-hydrogen) atoms. The van der Waals surface area contributed by atoms with Crippen LogP contribution in [0, 0.1) is 11.8 Å². The first kappa shape index (κ1) is 14.3. The number of likely N-dealkylation sites (tertiary alicyclic amines) is 1. The molecule has 1 N–H and O–H groups in total. The number of hydrogen-bond donors (Lipinski definition) is 1. The van der Waals surface area contributed by atoms with Crippen LogP contribution in [0.5, 0.6) is 0 Å². The van der Waals surface area contributed by atoms with Crippen LogP contribution in [0.4, 0.5) is 0 Å². The molecule has 1 amide bonds. The molecule has 0 aromatic heterocycles. The Hall–Kier alpha value is -1.10. The van der Waals surface area contributed by atoms with Gasteiger partial charge < -0.3 is 14.7 Å². The summed E-state index contributed by atoms with van der Waals surface area (Å²) in [5.41, 5.74) is 0. The minimum atomic E-state index is -0.242. The SMILES string of the molecule is COC(=O)C1CCCN(C(=O)C2CCC(O)CC2)C1. The number of amides is 1. The lowest BCUT2D eigenvalue weighted by molar-refractivity contribution is -0.150. The second-order valence-electron chi connectivity index (χ2n) is 5.65. The number of piperidine rings is 1. The molecule has 0 aromatic rings. The summed E-state index contributed by atoms with van der Waals surface area (Å²) in [6, 6.07) is 0. The number of carbonyl (C=O) groups is 2. The number of nitrogens with zero attached hydrogens (tertiary/aromatic N) is 1. The monoisotopic (exact) mass is 269 g/mol. The van der Waals surface area contributed by atoms with E-state index in [1.807, 2.05) is 4.90 Å². The van der Waals surface area contributed by atoms with Gasteiger partial charge in [0.2, 0.25) is 5.91 Å². The van der Waals surface area contributed by atoms with Crippen molar-refractivity contribution in [3.63, 3.8) is 0 Å². The van der Waals surface area contributed by atoms with Gasteiger partial charge in [0.15, 0.2) is 0 Å². The average Bonchev–Trinajstić information content (AvgIpc) is 2.46. The Morgan fingerprint density at radius 2 is 1.79 bits per heavy atom. The van der Waals surface area contributed by atoms with E-state index in [0.29, 0.717) is 19.4 Å². The maximum absolute atomic E-state index is 12.4. The van der Waals surface area contributed by atoms with Crippen molar-refractivity contribution in [2.45, 2.75) is 44.6 Å². The van der Waals surface area contributed by atoms with Crippen LogP contribution in [0.1, 0.15) is 38.5 Å². The minimum absolute atomic E-state index is 0.0276. The van der Waals surface area contributed by atoms with Crippen LogP contribution < -0.4 is 0 Å². The van der Waals surface area contributed by atoms with Gasteiger partial charge in [-0.15, -0.1) is 0 Å². The summed E-state index contributed by atoms with van der Waals surface area (Å²) in [5.74, 6) is -0.200.